The van der Waals surface area contributed by atoms with Gasteiger partial charge in [-0.25, -0.2) is 4.79 Å². The van der Waals surface area contributed by atoms with Gasteiger partial charge in [-0.1, -0.05) is 18.7 Å². The third-order valence-corrected chi connectivity index (χ3v) is 3.79. The lowest BCUT2D eigenvalue weighted by Gasteiger charge is -2.12. The summed E-state index contributed by atoms with van der Waals surface area (Å²) in [6.07, 6.45) is -3.80. The molecule has 2 heterocycles. The van der Waals surface area contributed by atoms with Gasteiger partial charge in [0.2, 0.25) is 0 Å². The lowest BCUT2D eigenvalue weighted by atomic mass is 10.2. The molecule has 0 aliphatic rings. The second-order valence-electron chi connectivity index (χ2n) is 4.11. The highest BCUT2D eigenvalue weighted by Gasteiger charge is 2.36. The fraction of sp³-hybridized carbons (Fsp3) is 0.417. The number of carbonyl (C=O) groups is 1. The van der Waals surface area contributed by atoms with Crippen molar-refractivity contribution in [3.63, 3.8) is 0 Å². The van der Waals surface area contributed by atoms with E-state index in [9.17, 15) is 18.0 Å². The lowest BCUT2D eigenvalue weighted by Crippen LogP contribution is -2.14. The molecule has 5 nitrogen and oxygen atoms in total. The summed E-state index contributed by atoms with van der Waals surface area (Å²) in [5, 5.41) is 7.56. The van der Waals surface area contributed by atoms with Crippen molar-refractivity contribution in [2.24, 2.45) is 0 Å². The second kappa shape index (κ2) is 5.92. The summed E-state index contributed by atoms with van der Waals surface area (Å²) >= 11 is 1.15. The first-order chi connectivity index (χ1) is 9.90. The number of esters is 1. The Labute approximate surface area is 122 Å². The summed E-state index contributed by atoms with van der Waals surface area (Å²) in [5.41, 5.74) is -1.13. The van der Waals surface area contributed by atoms with Crippen LogP contribution < -0.4 is 0 Å². The molecule has 0 aromatic carbocycles. The van der Waals surface area contributed by atoms with Crippen LogP contribution in [0.1, 0.15) is 29.4 Å². The molecule has 0 unspecified atom stereocenters. The Kier molecular flexibility index (Phi) is 4.40. The third kappa shape index (κ3) is 2.97. The first-order valence-corrected chi connectivity index (χ1v) is 7.05. The smallest absolute Gasteiger partial charge is 0.431 e. The lowest BCUT2D eigenvalue weighted by molar-refractivity contribution is -0.142. The fourth-order valence-electron chi connectivity index (χ4n) is 1.75. The van der Waals surface area contributed by atoms with E-state index in [0.717, 1.165) is 41.8 Å². The Morgan fingerprint density at radius 1 is 1.38 bits per heavy atom. The van der Waals surface area contributed by atoms with Gasteiger partial charge in [0.1, 0.15) is 11.3 Å². The van der Waals surface area contributed by atoms with Gasteiger partial charge in [0.25, 0.3) is 0 Å². The van der Waals surface area contributed by atoms with Crippen LogP contribution in [0, 0.1) is 0 Å². The Morgan fingerprint density at radius 2 is 2.10 bits per heavy atom. The monoisotopic (exact) mass is 319 g/mol. The Bertz CT molecular complexity index is 670. The molecule has 2 aromatic rings. The molecule has 0 bridgehead atoms. The minimum absolute atomic E-state index is 0.0543. The molecule has 2 rings (SSSR count). The van der Waals surface area contributed by atoms with Gasteiger partial charge in [-0.2, -0.15) is 13.2 Å². The number of alkyl halides is 3. The SMILES string of the molecule is CCCSc1nnc2c(C(=O)OC)ccc(C(F)(F)F)n12. The summed E-state index contributed by atoms with van der Waals surface area (Å²) < 4.78 is 44.7. The zero-order valence-corrected chi connectivity index (χ0v) is 12.1. The molecule has 21 heavy (non-hydrogen) atoms. The molecular weight excluding hydrogens is 307 g/mol. The summed E-state index contributed by atoms with van der Waals surface area (Å²) in [4.78, 5) is 11.6. The third-order valence-electron chi connectivity index (χ3n) is 2.65. The van der Waals surface area contributed by atoms with Crippen molar-refractivity contribution in [3.8, 4) is 0 Å². The van der Waals surface area contributed by atoms with Crippen LogP contribution in [0.2, 0.25) is 0 Å². The molecule has 0 spiro atoms. The zero-order chi connectivity index (χ0) is 15.6. The standard InChI is InChI=1S/C12H12F3N3O2S/c1-3-6-21-11-17-16-9-7(10(19)20-2)4-5-8(18(9)11)12(13,14)15/h4-5H,3,6H2,1-2H3. The maximum Gasteiger partial charge on any atom is 0.431 e. The van der Waals surface area contributed by atoms with Gasteiger partial charge in [-0.15, -0.1) is 10.2 Å². The number of methoxy groups -OCH3 is 1. The molecule has 0 fully saturated rings. The molecular formula is C12H12F3N3O2S. The van der Waals surface area contributed by atoms with E-state index < -0.39 is 17.8 Å². The molecule has 0 aliphatic heterocycles. The zero-order valence-electron chi connectivity index (χ0n) is 11.3. The predicted octanol–water partition coefficient (Wildman–Crippen LogP) is 3.04. The van der Waals surface area contributed by atoms with E-state index in [1.165, 1.54) is 0 Å². The van der Waals surface area contributed by atoms with Crippen LogP contribution in [-0.4, -0.2) is 33.4 Å². The van der Waals surface area contributed by atoms with Gasteiger partial charge in [-0.05, 0) is 18.6 Å². The highest BCUT2D eigenvalue weighted by Crippen LogP contribution is 2.33. The van der Waals surface area contributed by atoms with Crippen molar-refractivity contribution in [1.29, 1.82) is 0 Å². The Hall–Kier alpha value is -1.77. The number of pyridine rings is 1. The molecule has 0 amide bonds. The molecule has 0 saturated heterocycles. The van der Waals surface area contributed by atoms with Crippen LogP contribution in [0.5, 0.6) is 0 Å². The van der Waals surface area contributed by atoms with E-state index in [1.807, 2.05) is 6.92 Å². The highest BCUT2D eigenvalue weighted by atomic mass is 32.2. The van der Waals surface area contributed by atoms with Crippen LogP contribution in [0.15, 0.2) is 17.3 Å². The van der Waals surface area contributed by atoms with Crippen LogP contribution >= 0.6 is 11.8 Å². The van der Waals surface area contributed by atoms with Crippen molar-refractivity contribution >= 4 is 23.4 Å². The summed E-state index contributed by atoms with van der Waals surface area (Å²) in [6, 6.07) is 1.88. The number of hydrogen-bond donors (Lipinski definition) is 0. The van der Waals surface area contributed by atoms with E-state index in [1.54, 1.807) is 0 Å². The number of hydrogen-bond acceptors (Lipinski definition) is 5. The van der Waals surface area contributed by atoms with Crippen molar-refractivity contribution in [1.82, 2.24) is 14.6 Å². The van der Waals surface area contributed by atoms with Crippen LogP contribution in [-0.2, 0) is 10.9 Å². The molecule has 0 aliphatic carbocycles. The molecule has 0 N–H and O–H groups in total. The maximum absolute atomic E-state index is 13.1. The van der Waals surface area contributed by atoms with Gasteiger partial charge >= 0.3 is 12.1 Å². The summed E-state index contributed by atoms with van der Waals surface area (Å²) in [6.45, 7) is 1.90. The number of carbonyl (C=O) groups excluding carboxylic acids is 1. The molecule has 0 saturated carbocycles. The van der Waals surface area contributed by atoms with E-state index in [4.69, 9.17) is 0 Å². The normalized spacial score (nSPS) is 11.9. The van der Waals surface area contributed by atoms with Gasteiger partial charge in [0.15, 0.2) is 10.8 Å². The van der Waals surface area contributed by atoms with Gasteiger partial charge in [-0.3, -0.25) is 4.40 Å². The molecule has 2 aromatic heterocycles. The van der Waals surface area contributed by atoms with E-state index in [-0.39, 0.29) is 16.4 Å². The van der Waals surface area contributed by atoms with Crippen LogP contribution in [0.3, 0.4) is 0 Å². The largest absolute Gasteiger partial charge is 0.465 e. The van der Waals surface area contributed by atoms with E-state index >= 15 is 0 Å². The van der Waals surface area contributed by atoms with Crippen molar-refractivity contribution in [3.05, 3.63) is 23.4 Å². The number of aromatic nitrogens is 3. The number of halogens is 3. The fourth-order valence-corrected chi connectivity index (χ4v) is 2.55. The molecule has 0 atom stereocenters. The number of fused-ring (bicyclic) bond motifs is 1. The topological polar surface area (TPSA) is 56.5 Å². The number of rotatable bonds is 4. The van der Waals surface area contributed by atoms with E-state index in [2.05, 4.69) is 14.9 Å². The first-order valence-electron chi connectivity index (χ1n) is 6.06. The minimum Gasteiger partial charge on any atom is -0.465 e. The summed E-state index contributed by atoms with van der Waals surface area (Å²) in [5.74, 6) is -0.159. The Morgan fingerprint density at radius 3 is 2.67 bits per heavy atom. The second-order valence-corrected chi connectivity index (χ2v) is 5.17. The van der Waals surface area contributed by atoms with Crippen molar-refractivity contribution in [2.75, 3.05) is 12.9 Å². The minimum atomic E-state index is -4.57. The number of ether oxygens (including phenoxy) is 1. The van der Waals surface area contributed by atoms with Gasteiger partial charge in [0, 0.05) is 5.75 Å². The average molecular weight is 319 g/mol. The van der Waals surface area contributed by atoms with Crippen molar-refractivity contribution < 1.29 is 22.7 Å². The van der Waals surface area contributed by atoms with E-state index in [0.29, 0.717) is 5.75 Å². The Balaban J connectivity index is 2.69. The first kappa shape index (κ1) is 15.6. The number of nitrogens with zero attached hydrogens (tertiary/aromatic N) is 3. The van der Waals surface area contributed by atoms with Gasteiger partial charge in [0.05, 0.1) is 7.11 Å². The van der Waals surface area contributed by atoms with Crippen molar-refractivity contribution in [2.45, 2.75) is 24.7 Å². The van der Waals surface area contributed by atoms with Crippen LogP contribution in [0.25, 0.3) is 5.65 Å². The molecule has 114 valence electrons. The van der Waals surface area contributed by atoms with Crippen LogP contribution in [0.4, 0.5) is 13.2 Å². The molecule has 9 heteroatoms. The van der Waals surface area contributed by atoms with Gasteiger partial charge < -0.3 is 4.74 Å². The highest BCUT2D eigenvalue weighted by molar-refractivity contribution is 7.99. The summed E-state index contributed by atoms with van der Waals surface area (Å²) in [7, 11) is 1.15. The predicted molar refractivity (Wildman–Crippen MR) is 70.3 cm³/mol. The quantitative estimate of drug-likeness (QED) is 0.640. The number of thioether (sulfide) groups is 1. The molecule has 0 radical (unpaired) electrons. The maximum atomic E-state index is 13.1. The average Bonchev–Trinajstić information content (AvgIpc) is 2.86.